The lowest BCUT2D eigenvalue weighted by Crippen LogP contribution is -2.39. The molecule has 3 unspecified atom stereocenters. The fourth-order valence-electron chi connectivity index (χ4n) is 3.46. The first-order valence-corrected chi connectivity index (χ1v) is 11.7. The van der Waals surface area contributed by atoms with Crippen LogP contribution in [0.4, 0.5) is 0 Å². The van der Waals surface area contributed by atoms with Crippen molar-refractivity contribution in [2.75, 3.05) is 0 Å². The Morgan fingerprint density at radius 3 is 1.37 bits per heavy atom. The van der Waals surface area contributed by atoms with E-state index in [4.69, 9.17) is 37.6 Å². The van der Waals surface area contributed by atoms with Crippen LogP contribution in [0.15, 0.2) is 60.9 Å². The SMILES string of the molecule is CC(O)C(N)C(=O)O.NC(Cc1c[nH]c2ccccc12)C(=O)O.N[C@H](Cc1c[nH]c2ccccc12)C(=O)O. The number of aromatic nitrogens is 2. The molecule has 4 aromatic rings. The summed E-state index contributed by atoms with van der Waals surface area (Å²) in [5, 5.41) is 36.1. The van der Waals surface area contributed by atoms with E-state index in [1.54, 1.807) is 0 Å². The van der Waals surface area contributed by atoms with Gasteiger partial charge >= 0.3 is 17.9 Å². The highest BCUT2D eigenvalue weighted by atomic mass is 16.4. The predicted octanol–water partition coefficient (Wildman–Crippen LogP) is 1.02. The molecule has 204 valence electrons. The number of nitrogens with two attached hydrogens (primary N) is 3. The van der Waals surface area contributed by atoms with Crippen molar-refractivity contribution in [3.8, 4) is 0 Å². The molecule has 0 aliphatic heterocycles. The molecular weight excluding hydrogens is 494 g/mol. The van der Waals surface area contributed by atoms with Gasteiger partial charge in [0.2, 0.25) is 0 Å². The third kappa shape index (κ3) is 8.42. The number of H-pyrrole nitrogens is 2. The van der Waals surface area contributed by atoms with Crippen molar-refractivity contribution in [3.05, 3.63) is 72.1 Å². The number of carboxylic acid groups (broad SMARTS) is 3. The first-order chi connectivity index (χ1) is 17.9. The van der Waals surface area contributed by atoms with Gasteiger partial charge in [-0.1, -0.05) is 36.4 Å². The van der Waals surface area contributed by atoms with E-state index in [-0.39, 0.29) is 0 Å². The second-order valence-electron chi connectivity index (χ2n) is 8.62. The summed E-state index contributed by atoms with van der Waals surface area (Å²) < 4.78 is 0. The van der Waals surface area contributed by atoms with Crippen molar-refractivity contribution in [2.45, 2.75) is 44.0 Å². The minimum atomic E-state index is -1.18. The number of para-hydroxylation sites is 2. The van der Waals surface area contributed by atoms with Crippen molar-refractivity contribution in [1.29, 1.82) is 0 Å². The average Bonchev–Trinajstić information content (AvgIpc) is 3.48. The molecule has 2 aromatic heterocycles. The third-order valence-corrected chi connectivity index (χ3v) is 5.67. The number of fused-ring (bicyclic) bond motifs is 2. The summed E-state index contributed by atoms with van der Waals surface area (Å²) in [7, 11) is 0. The monoisotopic (exact) mass is 527 g/mol. The van der Waals surface area contributed by atoms with E-state index in [1.807, 2.05) is 60.9 Å². The molecule has 0 bridgehead atoms. The first-order valence-electron chi connectivity index (χ1n) is 11.7. The lowest BCUT2D eigenvalue weighted by Gasteiger charge is -2.06. The Morgan fingerprint density at radius 2 is 1.08 bits per heavy atom. The summed E-state index contributed by atoms with van der Waals surface area (Å²) in [5.41, 5.74) is 19.8. The van der Waals surface area contributed by atoms with Gasteiger partial charge in [-0.2, -0.15) is 0 Å². The molecule has 12 heteroatoms. The lowest BCUT2D eigenvalue weighted by atomic mass is 10.1. The van der Waals surface area contributed by atoms with Gasteiger partial charge in [-0.3, -0.25) is 14.4 Å². The highest BCUT2D eigenvalue weighted by molar-refractivity contribution is 5.85. The quantitative estimate of drug-likeness (QED) is 0.157. The van der Waals surface area contributed by atoms with Crippen molar-refractivity contribution in [3.63, 3.8) is 0 Å². The summed E-state index contributed by atoms with van der Waals surface area (Å²) in [5.74, 6) is -3.12. The van der Waals surface area contributed by atoms with Crippen LogP contribution in [0.3, 0.4) is 0 Å². The number of benzene rings is 2. The van der Waals surface area contributed by atoms with Crippen molar-refractivity contribution >= 4 is 39.7 Å². The van der Waals surface area contributed by atoms with Gasteiger partial charge in [-0.05, 0) is 30.2 Å². The van der Waals surface area contributed by atoms with Gasteiger partial charge in [0, 0.05) is 47.0 Å². The van der Waals surface area contributed by atoms with E-state index in [1.165, 1.54) is 6.92 Å². The van der Waals surface area contributed by atoms with E-state index in [2.05, 4.69) is 9.97 Å². The average molecular weight is 528 g/mol. The normalized spacial score (nSPS) is 13.8. The second kappa shape index (κ2) is 13.9. The summed E-state index contributed by atoms with van der Waals surface area (Å²) in [6, 6.07) is 12.7. The van der Waals surface area contributed by atoms with E-state index in [0.717, 1.165) is 32.9 Å². The number of carboxylic acids is 3. The van der Waals surface area contributed by atoms with Gasteiger partial charge in [-0.25, -0.2) is 0 Å². The number of rotatable bonds is 8. The predicted molar refractivity (Wildman–Crippen MR) is 143 cm³/mol. The zero-order valence-electron chi connectivity index (χ0n) is 20.7. The number of aliphatic carboxylic acids is 3. The van der Waals surface area contributed by atoms with Crippen molar-refractivity contribution in [2.24, 2.45) is 17.2 Å². The molecule has 2 aromatic carbocycles. The molecule has 0 aliphatic rings. The lowest BCUT2D eigenvalue weighted by molar-refractivity contribution is -0.141. The zero-order chi connectivity index (χ0) is 28.4. The highest BCUT2D eigenvalue weighted by Crippen LogP contribution is 2.19. The van der Waals surface area contributed by atoms with E-state index in [9.17, 15) is 14.4 Å². The van der Waals surface area contributed by atoms with Crippen LogP contribution < -0.4 is 17.2 Å². The van der Waals surface area contributed by atoms with E-state index >= 15 is 0 Å². The number of aliphatic hydroxyl groups is 1. The molecule has 2 heterocycles. The minimum Gasteiger partial charge on any atom is -0.480 e. The molecule has 4 atom stereocenters. The number of carbonyl (C=O) groups is 3. The van der Waals surface area contributed by atoms with E-state index in [0.29, 0.717) is 12.8 Å². The molecule has 0 amide bonds. The van der Waals surface area contributed by atoms with Gasteiger partial charge < -0.3 is 47.6 Å². The molecule has 0 aliphatic carbocycles. The topological polar surface area (TPSA) is 242 Å². The summed E-state index contributed by atoms with van der Waals surface area (Å²) >= 11 is 0. The number of aliphatic hydroxyl groups excluding tert-OH is 1. The van der Waals surface area contributed by atoms with Crippen LogP contribution in [0.5, 0.6) is 0 Å². The highest BCUT2D eigenvalue weighted by Gasteiger charge is 2.16. The largest absolute Gasteiger partial charge is 0.480 e. The molecule has 12 nitrogen and oxygen atoms in total. The maximum absolute atomic E-state index is 10.6. The summed E-state index contributed by atoms with van der Waals surface area (Å²) in [4.78, 5) is 37.3. The Morgan fingerprint density at radius 1 is 0.711 bits per heavy atom. The summed E-state index contributed by atoms with van der Waals surface area (Å²) in [6.45, 7) is 1.33. The molecule has 38 heavy (non-hydrogen) atoms. The standard InChI is InChI=1S/2C11H12N2O2.C4H9NO3/c2*12-9(11(14)15)5-7-6-13-10-4-2-1-3-8(7)10;1-2(6)3(5)4(7)8/h2*1-4,6,9,13H,5,12H2,(H,14,15);2-3,6H,5H2,1H3,(H,7,8)/t9-;;/m1../s1. The zero-order valence-corrected chi connectivity index (χ0v) is 20.7. The van der Waals surface area contributed by atoms with Crippen LogP contribution in [0, 0.1) is 0 Å². The Kier molecular flexibility index (Phi) is 11.0. The first kappa shape index (κ1) is 30.0. The molecule has 4 rings (SSSR count). The number of nitrogens with one attached hydrogen (secondary N) is 2. The fraction of sp³-hybridized carbons (Fsp3) is 0.269. The van der Waals surface area contributed by atoms with Crippen molar-refractivity contribution in [1.82, 2.24) is 9.97 Å². The van der Waals surface area contributed by atoms with Gasteiger partial charge in [-0.15, -0.1) is 0 Å². The number of hydrogen-bond acceptors (Lipinski definition) is 7. The third-order valence-electron chi connectivity index (χ3n) is 5.67. The Bertz CT molecular complexity index is 1270. The van der Waals surface area contributed by atoms with Gasteiger partial charge in [0.1, 0.15) is 18.1 Å². The molecule has 0 saturated carbocycles. The molecule has 12 N–H and O–H groups in total. The minimum absolute atomic E-state index is 0.347. The Labute approximate surface area is 218 Å². The second-order valence-corrected chi connectivity index (χ2v) is 8.62. The fourth-order valence-corrected chi connectivity index (χ4v) is 3.46. The van der Waals surface area contributed by atoms with Crippen LogP contribution >= 0.6 is 0 Å². The summed E-state index contributed by atoms with van der Waals surface area (Å²) in [6.07, 6.45) is 3.34. The smallest absolute Gasteiger partial charge is 0.323 e. The Balaban J connectivity index is 0.000000211. The number of aromatic amines is 2. The van der Waals surface area contributed by atoms with Crippen LogP contribution in [0.1, 0.15) is 18.1 Å². The van der Waals surface area contributed by atoms with Gasteiger partial charge in [0.25, 0.3) is 0 Å². The molecule has 0 spiro atoms. The molecule has 0 saturated heterocycles. The molecular formula is C26H33N5O7. The molecule has 0 radical (unpaired) electrons. The number of hydrogen-bond donors (Lipinski definition) is 9. The van der Waals surface area contributed by atoms with Crippen molar-refractivity contribution < 1.29 is 34.8 Å². The van der Waals surface area contributed by atoms with Gasteiger partial charge in [0.15, 0.2) is 0 Å². The van der Waals surface area contributed by atoms with E-state index < -0.39 is 42.1 Å². The Hall–Kier alpha value is -4.23. The van der Waals surface area contributed by atoms with Crippen LogP contribution in [-0.4, -0.2) is 72.5 Å². The maximum atomic E-state index is 10.6. The maximum Gasteiger partial charge on any atom is 0.323 e. The van der Waals surface area contributed by atoms with Gasteiger partial charge in [0.05, 0.1) is 6.10 Å². The van der Waals surface area contributed by atoms with Crippen LogP contribution in [0.25, 0.3) is 21.8 Å². The molecule has 0 fully saturated rings. The van der Waals surface area contributed by atoms with Crippen LogP contribution in [0.2, 0.25) is 0 Å². The van der Waals surface area contributed by atoms with Crippen LogP contribution in [-0.2, 0) is 27.2 Å².